The molecular formula is C20H25N3O5. The van der Waals surface area contributed by atoms with Crippen molar-refractivity contribution in [1.29, 1.82) is 0 Å². The Kier molecular flexibility index (Phi) is 6.94. The molecule has 0 aliphatic carbocycles. The van der Waals surface area contributed by atoms with Gasteiger partial charge in [0.1, 0.15) is 5.69 Å². The molecule has 0 bridgehead atoms. The van der Waals surface area contributed by atoms with E-state index in [4.69, 9.17) is 4.74 Å². The summed E-state index contributed by atoms with van der Waals surface area (Å²) < 4.78 is 5.45. The lowest BCUT2D eigenvalue weighted by Crippen LogP contribution is -2.42. The summed E-state index contributed by atoms with van der Waals surface area (Å²) >= 11 is 0. The van der Waals surface area contributed by atoms with Crippen molar-refractivity contribution in [1.82, 2.24) is 15.6 Å². The number of amides is 3. The highest BCUT2D eigenvalue weighted by Gasteiger charge is 2.29. The number of benzene rings is 1. The first-order chi connectivity index (χ1) is 13.3. The molecule has 8 heteroatoms. The number of carbonyl (C=O) groups is 3. The molecule has 1 heterocycles. The van der Waals surface area contributed by atoms with E-state index in [2.05, 4.69) is 15.6 Å². The maximum absolute atomic E-state index is 12.7. The average Bonchev–Trinajstić information content (AvgIpc) is 2.94. The molecule has 0 fully saturated rings. The van der Waals surface area contributed by atoms with Crippen LogP contribution in [0.1, 0.15) is 58.9 Å². The lowest BCUT2D eigenvalue weighted by Gasteiger charge is -2.17. The third kappa shape index (κ3) is 4.77. The van der Waals surface area contributed by atoms with Crippen molar-refractivity contribution in [2.24, 2.45) is 0 Å². The van der Waals surface area contributed by atoms with Crippen LogP contribution in [0.15, 0.2) is 30.3 Å². The number of aliphatic hydroxyl groups is 1. The SMILES string of the molecule is CCNC(=O)NC(=O)[C@@H](OC(=O)c1[nH]c(C)c([C@H](C)O)c1C)c1ccccc1. The van der Waals surface area contributed by atoms with E-state index in [1.165, 1.54) is 0 Å². The van der Waals surface area contributed by atoms with E-state index in [1.807, 2.05) is 0 Å². The summed E-state index contributed by atoms with van der Waals surface area (Å²) in [5.41, 5.74) is 2.38. The summed E-state index contributed by atoms with van der Waals surface area (Å²) in [5, 5.41) is 14.5. The Morgan fingerprint density at radius 1 is 1.18 bits per heavy atom. The van der Waals surface area contributed by atoms with Gasteiger partial charge in [0.25, 0.3) is 5.91 Å². The normalized spacial score (nSPS) is 12.8. The van der Waals surface area contributed by atoms with Crippen molar-refractivity contribution in [2.75, 3.05) is 6.54 Å². The minimum Gasteiger partial charge on any atom is -0.443 e. The molecule has 0 unspecified atom stereocenters. The number of aliphatic hydroxyl groups excluding tert-OH is 1. The third-order valence-electron chi connectivity index (χ3n) is 4.26. The van der Waals surface area contributed by atoms with Gasteiger partial charge in [0.15, 0.2) is 0 Å². The van der Waals surface area contributed by atoms with Gasteiger partial charge in [0, 0.05) is 23.4 Å². The number of ether oxygens (including phenoxy) is 1. The number of H-pyrrole nitrogens is 1. The maximum Gasteiger partial charge on any atom is 0.356 e. The van der Waals surface area contributed by atoms with E-state index in [-0.39, 0.29) is 5.69 Å². The molecule has 1 aromatic heterocycles. The van der Waals surface area contributed by atoms with Crippen LogP contribution in [0.5, 0.6) is 0 Å². The minimum atomic E-state index is -1.31. The monoisotopic (exact) mass is 387 g/mol. The van der Waals surface area contributed by atoms with Gasteiger partial charge in [-0.05, 0) is 33.3 Å². The number of hydrogen-bond acceptors (Lipinski definition) is 5. The molecule has 0 radical (unpaired) electrons. The Bertz CT molecular complexity index is 858. The van der Waals surface area contributed by atoms with Gasteiger partial charge in [-0.25, -0.2) is 9.59 Å². The number of nitrogens with one attached hydrogen (secondary N) is 3. The molecule has 3 amide bonds. The number of rotatable bonds is 6. The summed E-state index contributed by atoms with van der Waals surface area (Å²) in [4.78, 5) is 39.9. The lowest BCUT2D eigenvalue weighted by atomic mass is 10.1. The highest BCUT2D eigenvalue weighted by atomic mass is 16.5. The van der Waals surface area contributed by atoms with Gasteiger partial charge in [-0.15, -0.1) is 0 Å². The second-order valence-corrected chi connectivity index (χ2v) is 6.38. The molecule has 0 aliphatic heterocycles. The number of hydrogen-bond donors (Lipinski definition) is 4. The second-order valence-electron chi connectivity index (χ2n) is 6.38. The van der Waals surface area contributed by atoms with Crippen LogP contribution in [-0.2, 0) is 9.53 Å². The first kappa shape index (κ1) is 21.2. The second kappa shape index (κ2) is 9.18. The number of imide groups is 1. The Morgan fingerprint density at radius 3 is 2.36 bits per heavy atom. The first-order valence-corrected chi connectivity index (χ1v) is 8.98. The van der Waals surface area contributed by atoms with Crippen LogP contribution in [0.4, 0.5) is 4.79 Å². The molecule has 2 aromatic rings. The summed E-state index contributed by atoms with van der Waals surface area (Å²) in [6.45, 7) is 7.09. The molecule has 4 N–H and O–H groups in total. The predicted molar refractivity (Wildman–Crippen MR) is 103 cm³/mol. The maximum atomic E-state index is 12.7. The first-order valence-electron chi connectivity index (χ1n) is 8.98. The van der Waals surface area contributed by atoms with Crippen LogP contribution in [0.25, 0.3) is 0 Å². The van der Waals surface area contributed by atoms with Crippen LogP contribution in [0, 0.1) is 13.8 Å². The zero-order valence-corrected chi connectivity index (χ0v) is 16.3. The van der Waals surface area contributed by atoms with Crippen molar-refractivity contribution in [3.8, 4) is 0 Å². The van der Waals surface area contributed by atoms with Crippen LogP contribution in [0.3, 0.4) is 0 Å². The highest BCUT2D eigenvalue weighted by Crippen LogP contribution is 2.27. The molecule has 8 nitrogen and oxygen atoms in total. The van der Waals surface area contributed by atoms with Gasteiger partial charge in [-0.3, -0.25) is 10.1 Å². The van der Waals surface area contributed by atoms with Gasteiger partial charge in [-0.2, -0.15) is 0 Å². The number of carbonyl (C=O) groups excluding carboxylic acids is 3. The zero-order valence-electron chi connectivity index (χ0n) is 16.3. The summed E-state index contributed by atoms with van der Waals surface area (Å²) in [7, 11) is 0. The molecule has 0 saturated heterocycles. The third-order valence-corrected chi connectivity index (χ3v) is 4.26. The Morgan fingerprint density at radius 2 is 1.82 bits per heavy atom. The molecule has 0 aliphatic rings. The number of urea groups is 1. The molecule has 1 aromatic carbocycles. The molecule has 28 heavy (non-hydrogen) atoms. The summed E-state index contributed by atoms with van der Waals surface area (Å²) in [6.07, 6.45) is -2.07. The number of aromatic nitrogens is 1. The molecular weight excluding hydrogens is 362 g/mol. The van der Waals surface area contributed by atoms with Crippen molar-refractivity contribution in [2.45, 2.75) is 39.9 Å². The predicted octanol–water partition coefficient (Wildman–Crippen LogP) is 2.43. The quantitative estimate of drug-likeness (QED) is 0.567. The van der Waals surface area contributed by atoms with Crippen molar-refractivity contribution in [3.05, 3.63) is 58.4 Å². The lowest BCUT2D eigenvalue weighted by molar-refractivity contribution is -0.129. The minimum absolute atomic E-state index is 0.153. The van der Waals surface area contributed by atoms with Crippen molar-refractivity contribution >= 4 is 17.9 Å². The fourth-order valence-corrected chi connectivity index (χ4v) is 3.04. The van der Waals surface area contributed by atoms with Crippen molar-refractivity contribution in [3.63, 3.8) is 0 Å². The van der Waals surface area contributed by atoms with E-state index < -0.39 is 30.1 Å². The van der Waals surface area contributed by atoms with E-state index in [1.54, 1.807) is 58.0 Å². The van der Waals surface area contributed by atoms with Gasteiger partial charge in [-0.1, -0.05) is 30.3 Å². The Balaban J connectivity index is 2.30. The molecule has 2 rings (SSSR count). The van der Waals surface area contributed by atoms with Gasteiger partial charge < -0.3 is 20.1 Å². The van der Waals surface area contributed by atoms with Crippen molar-refractivity contribution < 1.29 is 24.2 Å². The fraction of sp³-hybridized carbons (Fsp3) is 0.350. The van der Waals surface area contributed by atoms with E-state index >= 15 is 0 Å². The van der Waals surface area contributed by atoms with Gasteiger partial charge >= 0.3 is 12.0 Å². The highest BCUT2D eigenvalue weighted by molar-refractivity contribution is 5.99. The van der Waals surface area contributed by atoms with Crippen LogP contribution < -0.4 is 10.6 Å². The Labute approximate surface area is 163 Å². The Hall–Kier alpha value is -3.13. The van der Waals surface area contributed by atoms with E-state index in [9.17, 15) is 19.5 Å². The molecule has 0 saturated carbocycles. The summed E-state index contributed by atoms with van der Waals surface area (Å²) in [5.74, 6) is -1.52. The topological polar surface area (TPSA) is 121 Å². The zero-order chi connectivity index (χ0) is 20.8. The standard InChI is InChI=1S/C20H25N3O5/c1-5-21-20(27)23-18(25)17(14-9-7-6-8-10-14)28-19(26)16-11(2)15(13(4)24)12(3)22-16/h6-10,13,17,22,24H,5H2,1-4H3,(H2,21,23,25,27)/t13-,17-/m0/s1. The largest absolute Gasteiger partial charge is 0.443 e. The number of aromatic amines is 1. The molecule has 2 atom stereocenters. The van der Waals surface area contributed by atoms with Gasteiger partial charge in [0.2, 0.25) is 6.10 Å². The van der Waals surface area contributed by atoms with E-state index in [0.29, 0.717) is 28.9 Å². The van der Waals surface area contributed by atoms with Crippen LogP contribution in [0.2, 0.25) is 0 Å². The van der Waals surface area contributed by atoms with Crippen LogP contribution in [-0.4, -0.2) is 34.5 Å². The molecule has 0 spiro atoms. The fourth-order valence-electron chi connectivity index (χ4n) is 3.04. The number of esters is 1. The van der Waals surface area contributed by atoms with E-state index in [0.717, 1.165) is 0 Å². The molecule has 150 valence electrons. The summed E-state index contributed by atoms with van der Waals surface area (Å²) in [6, 6.07) is 7.74. The number of aryl methyl sites for hydroxylation is 1. The van der Waals surface area contributed by atoms with Crippen LogP contribution >= 0.6 is 0 Å². The van der Waals surface area contributed by atoms with Gasteiger partial charge in [0.05, 0.1) is 6.10 Å². The average molecular weight is 387 g/mol. The smallest absolute Gasteiger partial charge is 0.356 e.